The molecule has 0 spiro atoms. The third-order valence-electron chi connectivity index (χ3n) is 3.53. The molecule has 0 heterocycles. The summed E-state index contributed by atoms with van der Waals surface area (Å²) >= 11 is 0. The van der Waals surface area contributed by atoms with Gasteiger partial charge >= 0.3 is 0 Å². The minimum absolute atomic E-state index is 0. The molecular formula is C17H26IN3O. The molecule has 2 N–H and O–H groups in total. The summed E-state index contributed by atoms with van der Waals surface area (Å²) in [6.45, 7) is 4.22. The Labute approximate surface area is 150 Å². The van der Waals surface area contributed by atoms with Gasteiger partial charge in [-0.25, -0.2) is 0 Å². The van der Waals surface area contributed by atoms with E-state index in [-0.39, 0.29) is 24.0 Å². The van der Waals surface area contributed by atoms with Crippen LogP contribution in [0.2, 0.25) is 0 Å². The van der Waals surface area contributed by atoms with Crippen molar-refractivity contribution in [3.8, 4) is 0 Å². The number of rotatable bonds is 6. The highest BCUT2D eigenvalue weighted by Crippen LogP contribution is 2.09. The van der Waals surface area contributed by atoms with Gasteiger partial charge in [-0.2, -0.15) is 0 Å². The van der Waals surface area contributed by atoms with Crippen molar-refractivity contribution in [3.63, 3.8) is 0 Å². The quantitative estimate of drug-likeness (QED) is 0.325. The van der Waals surface area contributed by atoms with Crippen molar-refractivity contribution in [1.82, 2.24) is 10.6 Å². The molecule has 0 radical (unpaired) electrons. The minimum atomic E-state index is 0. The molecule has 1 aliphatic rings. The van der Waals surface area contributed by atoms with E-state index >= 15 is 0 Å². The number of ether oxygens (including phenoxy) is 1. The topological polar surface area (TPSA) is 45.6 Å². The lowest BCUT2D eigenvalue weighted by Gasteiger charge is -2.17. The summed E-state index contributed by atoms with van der Waals surface area (Å²) in [7, 11) is 1.81. The molecule has 0 unspecified atom stereocenters. The van der Waals surface area contributed by atoms with Crippen molar-refractivity contribution in [2.75, 3.05) is 13.7 Å². The number of benzene rings is 1. The van der Waals surface area contributed by atoms with Gasteiger partial charge in [-0.1, -0.05) is 36.4 Å². The smallest absolute Gasteiger partial charge is 0.191 e. The van der Waals surface area contributed by atoms with Crippen LogP contribution in [-0.4, -0.2) is 25.7 Å². The fourth-order valence-electron chi connectivity index (χ4n) is 2.28. The Bertz CT molecular complexity index is 477. The maximum atomic E-state index is 5.40. The van der Waals surface area contributed by atoms with Gasteiger partial charge in [-0.15, -0.1) is 24.0 Å². The highest BCUT2D eigenvalue weighted by molar-refractivity contribution is 14.0. The highest BCUT2D eigenvalue weighted by atomic mass is 127. The van der Waals surface area contributed by atoms with E-state index in [4.69, 9.17) is 4.74 Å². The lowest BCUT2D eigenvalue weighted by Crippen LogP contribution is -2.42. The fourth-order valence-corrected chi connectivity index (χ4v) is 2.28. The third-order valence-corrected chi connectivity index (χ3v) is 3.53. The first-order valence-electron chi connectivity index (χ1n) is 7.59. The summed E-state index contributed by atoms with van der Waals surface area (Å²) in [4.78, 5) is 4.27. The van der Waals surface area contributed by atoms with Crippen LogP contribution in [0.25, 0.3) is 0 Å². The standard InChI is InChI=1S/C17H25N3O.HI/c1-3-21-13-15-10-8-14(9-11-15)12-19-17(18-2)20-16-6-4-5-7-16;/h4-5,8-11,16H,3,6-7,12-13H2,1-2H3,(H2,18,19,20);1H. The molecule has 0 aromatic heterocycles. The van der Waals surface area contributed by atoms with E-state index in [9.17, 15) is 0 Å². The van der Waals surface area contributed by atoms with Crippen molar-refractivity contribution in [1.29, 1.82) is 0 Å². The van der Waals surface area contributed by atoms with Crippen LogP contribution in [0.4, 0.5) is 0 Å². The summed E-state index contributed by atoms with van der Waals surface area (Å²) in [5, 5.41) is 6.79. The van der Waals surface area contributed by atoms with Crippen molar-refractivity contribution in [3.05, 3.63) is 47.5 Å². The van der Waals surface area contributed by atoms with Gasteiger partial charge in [-0.05, 0) is 30.9 Å². The highest BCUT2D eigenvalue weighted by Gasteiger charge is 2.11. The molecule has 0 saturated heterocycles. The Morgan fingerprint density at radius 3 is 2.41 bits per heavy atom. The summed E-state index contributed by atoms with van der Waals surface area (Å²) in [6.07, 6.45) is 6.57. The lowest BCUT2D eigenvalue weighted by atomic mass is 10.1. The zero-order valence-corrected chi connectivity index (χ0v) is 15.7. The van der Waals surface area contributed by atoms with Gasteiger partial charge in [0.2, 0.25) is 0 Å². The molecule has 5 heteroatoms. The van der Waals surface area contributed by atoms with Gasteiger partial charge in [0.15, 0.2) is 5.96 Å². The second-order valence-corrected chi connectivity index (χ2v) is 5.16. The van der Waals surface area contributed by atoms with Gasteiger partial charge in [-0.3, -0.25) is 4.99 Å². The zero-order valence-electron chi connectivity index (χ0n) is 13.3. The van der Waals surface area contributed by atoms with Crippen molar-refractivity contribution >= 4 is 29.9 Å². The molecule has 1 aromatic rings. The zero-order chi connectivity index (χ0) is 14.9. The second kappa shape index (κ2) is 10.6. The number of aliphatic imine (C=N–C) groups is 1. The molecule has 1 aromatic carbocycles. The van der Waals surface area contributed by atoms with Crippen molar-refractivity contribution in [2.24, 2.45) is 4.99 Å². The molecule has 2 rings (SSSR count). The van der Waals surface area contributed by atoms with E-state index in [0.29, 0.717) is 12.6 Å². The fraction of sp³-hybridized carbons (Fsp3) is 0.471. The van der Waals surface area contributed by atoms with Crippen molar-refractivity contribution < 1.29 is 4.74 Å². The number of halogens is 1. The van der Waals surface area contributed by atoms with Crippen LogP contribution in [0.5, 0.6) is 0 Å². The summed E-state index contributed by atoms with van der Waals surface area (Å²) in [6, 6.07) is 8.97. The molecule has 122 valence electrons. The van der Waals surface area contributed by atoms with Gasteiger partial charge in [0, 0.05) is 26.2 Å². The predicted molar refractivity (Wildman–Crippen MR) is 103 cm³/mol. The minimum Gasteiger partial charge on any atom is -0.377 e. The number of hydrogen-bond donors (Lipinski definition) is 2. The van der Waals surface area contributed by atoms with Crippen LogP contribution in [-0.2, 0) is 17.9 Å². The van der Waals surface area contributed by atoms with Gasteiger partial charge < -0.3 is 15.4 Å². The molecule has 0 saturated carbocycles. The lowest BCUT2D eigenvalue weighted by molar-refractivity contribution is 0.134. The molecule has 0 aliphatic heterocycles. The Kier molecular flexibility index (Phi) is 9.15. The second-order valence-electron chi connectivity index (χ2n) is 5.16. The average molecular weight is 415 g/mol. The molecule has 1 aliphatic carbocycles. The summed E-state index contributed by atoms with van der Waals surface area (Å²) in [5.41, 5.74) is 2.45. The van der Waals surface area contributed by atoms with Crippen molar-refractivity contribution in [2.45, 2.75) is 39.0 Å². The molecule has 0 fully saturated rings. The van der Waals surface area contributed by atoms with E-state index in [0.717, 1.165) is 32.0 Å². The molecule has 0 bridgehead atoms. The summed E-state index contributed by atoms with van der Waals surface area (Å²) in [5.74, 6) is 0.863. The van der Waals surface area contributed by atoms with Gasteiger partial charge in [0.1, 0.15) is 0 Å². The normalized spacial score (nSPS) is 14.7. The number of guanidine groups is 1. The maximum absolute atomic E-state index is 5.40. The van der Waals surface area contributed by atoms with E-state index in [1.165, 1.54) is 11.1 Å². The molecular weight excluding hydrogens is 389 g/mol. The monoisotopic (exact) mass is 415 g/mol. The largest absolute Gasteiger partial charge is 0.377 e. The Balaban J connectivity index is 0.00000242. The van der Waals surface area contributed by atoms with Crippen LogP contribution in [0.15, 0.2) is 41.4 Å². The van der Waals surface area contributed by atoms with E-state index in [2.05, 4.69) is 52.0 Å². The number of nitrogens with one attached hydrogen (secondary N) is 2. The molecule has 0 atom stereocenters. The Morgan fingerprint density at radius 2 is 1.82 bits per heavy atom. The summed E-state index contributed by atoms with van der Waals surface area (Å²) < 4.78 is 5.40. The molecule has 0 amide bonds. The van der Waals surface area contributed by atoms with Crippen LogP contribution >= 0.6 is 24.0 Å². The van der Waals surface area contributed by atoms with E-state index < -0.39 is 0 Å². The van der Waals surface area contributed by atoms with Crippen LogP contribution < -0.4 is 10.6 Å². The first-order valence-corrected chi connectivity index (χ1v) is 7.59. The number of nitrogens with zero attached hydrogens (tertiary/aromatic N) is 1. The Morgan fingerprint density at radius 1 is 1.18 bits per heavy atom. The first-order chi connectivity index (χ1) is 10.3. The van der Waals surface area contributed by atoms with Crippen LogP contribution in [0, 0.1) is 0 Å². The Hall–Kier alpha value is -1.08. The predicted octanol–water partition coefficient (Wildman–Crippen LogP) is 3.22. The van der Waals surface area contributed by atoms with Gasteiger partial charge in [0.05, 0.1) is 6.61 Å². The molecule has 4 nitrogen and oxygen atoms in total. The first kappa shape index (κ1) is 19.0. The molecule has 22 heavy (non-hydrogen) atoms. The van der Waals surface area contributed by atoms with Gasteiger partial charge in [0.25, 0.3) is 0 Å². The van der Waals surface area contributed by atoms with Crippen LogP contribution in [0.1, 0.15) is 30.9 Å². The average Bonchev–Trinajstić information content (AvgIpc) is 3.03. The van der Waals surface area contributed by atoms with E-state index in [1.54, 1.807) is 0 Å². The maximum Gasteiger partial charge on any atom is 0.191 e. The SMILES string of the molecule is CCOCc1ccc(CNC(=NC)NC2CC=CC2)cc1.I. The van der Waals surface area contributed by atoms with E-state index in [1.807, 2.05) is 14.0 Å². The van der Waals surface area contributed by atoms with Crippen LogP contribution in [0.3, 0.4) is 0 Å². The third kappa shape index (κ3) is 6.36. The number of hydrogen-bond acceptors (Lipinski definition) is 2.